The van der Waals surface area contributed by atoms with Gasteiger partial charge in [-0.05, 0) is 26.3 Å². The normalized spacial score (nSPS) is 20.8. The highest BCUT2D eigenvalue weighted by Gasteiger charge is 2.41. The highest BCUT2D eigenvalue weighted by atomic mass is 16.3. The lowest BCUT2D eigenvalue weighted by atomic mass is 9.85. The van der Waals surface area contributed by atoms with Gasteiger partial charge >= 0.3 is 0 Å². The van der Waals surface area contributed by atoms with Gasteiger partial charge in [-0.15, -0.1) is 0 Å². The van der Waals surface area contributed by atoms with Crippen molar-refractivity contribution in [2.45, 2.75) is 39.3 Å². The van der Waals surface area contributed by atoms with Gasteiger partial charge in [-0.25, -0.2) is 4.98 Å². The minimum Gasteiger partial charge on any atom is -0.448 e. The first-order valence-electron chi connectivity index (χ1n) is 8.47. The lowest BCUT2D eigenvalue weighted by molar-refractivity contribution is -0.143. The Morgan fingerprint density at radius 1 is 1.48 bits per heavy atom. The van der Waals surface area contributed by atoms with Crippen molar-refractivity contribution in [3.8, 4) is 0 Å². The Bertz CT molecular complexity index is 766. The van der Waals surface area contributed by atoms with Crippen molar-refractivity contribution in [3.63, 3.8) is 0 Å². The van der Waals surface area contributed by atoms with Gasteiger partial charge in [-0.1, -0.05) is 0 Å². The second-order valence-corrected chi connectivity index (χ2v) is 6.22. The van der Waals surface area contributed by atoms with Gasteiger partial charge in [-0.3, -0.25) is 14.3 Å². The molecule has 2 aromatic rings. The smallest absolute Gasteiger partial charge is 0.225 e. The van der Waals surface area contributed by atoms with Crippen molar-refractivity contribution in [3.05, 3.63) is 35.8 Å². The molecule has 2 aromatic heterocycles. The molecule has 8 nitrogen and oxygen atoms in total. The van der Waals surface area contributed by atoms with Crippen LogP contribution < -0.4 is 5.32 Å². The number of carbonyl (C=O) groups is 2. The summed E-state index contributed by atoms with van der Waals surface area (Å²) >= 11 is 0. The molecule has 1 saturated heterocycles. The van der Waals surface area contributed by atoms with Gasteiger partial charge in [0.25, 0.3) is 0 Å². The van der Waals surface area contributed by atoms with Gasteiger partial charge in [0.1, 0.15) is 11.5 Å². The maximum absolute atomic E-state index is 12.9. The molecule has 1 N–H and O–H groups in total. The average Bonchev–Trinajstić information content (AvgIpc) is 3.20. The van der Waals surface area contributed by atoms with Gasteiger partial charge in [0, 0.05) is 26.2 Å². The number of likely N-dealkylation sites (tertiary alicyclic amines) is 1. The number of aryl methyl sites for hydroxylation is 2. The standard InChI is InChI=1S/C17H23N5O3/c1-4-22-15(23)6-5-12(16(22)14-7-8-20-21(14)3)17(24)18-9-13-11(2)25-10-19-13/h7-8,10,12,16H,4-6,9H2,1-3H3,(H,18,24)/t12-,16-/m0/s1. The maximum atomic E-state index is 12.9. The van der Waals surface area contributed by atoms with E-state index in [0.717, 1.165) is 5.69 Å². The minimum absolute atomic E-state index is 0.0742. The zero-order chi connectivity index (χ0) is 18.0. The third-order valence-electron chi connectivity index (χ3n) is 4.82. The molecule has 25 heavy (non-hydrogen) atoms. The number of carbonyl (C=O) groups excluding carboxylic acids is 2. The van der Waals surface area contributed by atoms with Crippen molar-refractivity contribution >= 4 is 11.8 Å². The molecule has 1 fully saturated rings. The second-order valence-electron chi connectivity index (χ2n) is 6.22. The monoisotopic (exact) mass is 345 g/mol. The zero-order valence-corrected chi connectivity index (χ0v) is 14.7. The van der Waals surface area contributed by atoms with Gasteiger partial charge in [0.15, 0.2) is 6.39 Å². The summed E-state index contributed by atoms with van der Waals surface area (Å²) in [6.45, 7) is 4.61. The minimum atomic E-state index is -0.319. The van der Waals surface area contributed by atoms with Crippen molar-refractivity contribution in [2.24, 2.45) is 13.0 Å². The van der Waals surface area contributed by atoms with Crippen LogP contribution in [0.25, 0.3) is 0 Å². The summed E-state index contributed by atoms with van der Waals surface area (Å²) in [6, 6.07) is 1.56. The Balaban J connectivity index is 1.81. The van der Waals surface area contributed by atoms with E-state index in [1.54, 1.807) is 15.8 Å². The van der Waals surface area contributed by atoms with Gasteiger partial charge < -0.3 is 14.6 Å². The van der Waals surface area contributed by atoms with Crippen LogP contribution in [0.2, 0.25) is 0 Å². The molecule has 3 heterocycles. The Morgan fingerprint density at radius 3 is 2.88 bits per heavy atom. The summed E-state index contributed by atoms with van der Waals surface area (Å²) in [5, 5.41) is 7.14. The number of amides is 2. The Morgan fingerprint density at radius 2 is 2.28 bits per heavy atom. The molecule has 0 spiro atoms. The van der Waals surface area contributed by atoms with Crippen LogP contribution in [0.1, 0.15) is 43.0 Å². The molecule has 0 radical (unpaired) electrons. The predicted octanol–water partition coefficient (Wildman–Crippen LogP) is 1.33. The van der Waals surface area contributed by atoms with E-state index in [9.17, 15) is 9.59 Å². The van der Waals surface area contributed by atoms with Crippen LogP contribution in [0.4, 0.5) is 0 Å². The van der Waals surface area contributed by atoms with E-state index in [1.807, 2.05) is 27.0 Å². The SMILES string of the molecule is CCN1C(=O)CC[C@H](C(=O)NCc2ncoc2C)[C@H]1c1ccnn1C. The van der Waals surface area contributed by atoms with Gasteiger partial charge in [0.05, 0.1) is 24.2 Å². The molecule has 0 aliphatic carbocycles. The Hall–Kier alpha value is -2.64. The van der Waals surface area contributed by atoms with Gasteiger partial charge in [-0.2, -0.15) is 5.10 Å². The van der Waals surface area contributed by atoms with E-state index in [1.165, 1.54) is 6.39 Å². The first-order chi connectivity index (χ1) is 12.0. The van der Waals surface area contributed by atoms with Crippen LogP contribution in [-0.4, -0.2) is 38.0 Å². The summed E-state index contributed by atoms with van der Waals surface area (Å²) in [5.74, 6) is 0.363. The van der Waals surface area contributed by atoms with E-state index in [4.69, 9.17) is 4.42 Å². The maximum Gasteiger partial charge on any atom is 0.225 e. The quantitative estimate of drug-likeness (QED) is 0.882. The number of nitrogens with one attached hydrogen (secondary N) is 1. The fourth-order valence-electron chi connectivity index (χ4n) is 3.44. The third-order valence-corrected chi connectivity index (χ3v) is 4.82. The van der Waals surface area contributed by atoms with Gasteiger partial charge in [0.2, 0.25) is 11.8 Å². The van der Waals surface area contributed by atoms with Crippen LogP contribution >= 0.6 is 0 Å². The predicted molar refractivity (Wildman–Crippen MR) is 89.1 cm³/mol. The number of aromatic nitrogens is 3. The van der Waals surface area contributed by atoms with Crippen LogP contribution in [0.3, 0.4) is 0 Å². The topological polar surface area (TPSA) is 93.3 Å². The van der Waals surface area contributed by atoms with Crippen molar-refractivity contribution in [1.82, 2.24) is 25.0 Å². The molecule has 2 atom stereocenters. The molecule has 1 aliphatic heterocycles. The molecule has 134 valence electrons. The average molecular weight is 345 g/mol. The number of rotatable bonds is 5. The number of nitrogens with zero attached hydrogens (tertiary/aromatic N) is 4. The first-order valence-corrected chi connectivity index (χ1v) is 8.47. The lowest BCUT2D eigenvalue weighted by Gasteiger charge is -2.39. The van der Waals surface area contributed by atoms with Crippen LogP contribution in [0.5, 0.6) is 0 Å². The molecular weight excluding hydrogens is 322 g/mol. The molecule has 3 rings (SSSR count). The molecule has 0 saturated carbocycles. The molecule has 1 aliphatic rings. The largest absolute Gasteiger partial charge is 0.448 e. The number of hydrogen-bond acceptors (Lipinski definition) is 5. The molecular formula is C17H23N5O3. The number of hydrogen-bond donors (Lipinski definition) is 1. The van der Waals surface area contributed by atoms with Crippen molar-refractivity contribution in [2.75, 3.05) is 6.54 Å². The first kappa shape index (κ1) is 17.2. The van der Waals surface area contributed by atoms with Crippen LogP contribution in [0, 0.1) is 12.8 Å². The zero-order valence-electron chi connectivity index (χ0n) is 14.7. The second kappa shape index (κ2) is 7.08. The third kappa shape index (κ3) is 3.29. The fourth-order valence-corrected chi connectivity index (χ4v) is 3.44. The molecule has 2 amide bonds. The number of piperidine rings is 1. The lowest BCUT2D eigenvalue weighted by Crippen LogP contribution is -2.48. The van der Waals surface area contributed by atoms with E-state index in [2.05, 4.69) is 15.4 Å². The summed E-state index contributed by atoms with van der Waals surface area (Å²) < 4.78 is 6.89. The van der Waals surface area contributed by atoms with Crippen LogP contribution in [0.15, 0.2) is 23.1 Å². The van der Waals surface area contributed by atoms with E-state index in [0.29, 0.717) is 37.4 Å². The summed E-state index contributed by atoms with van der Waals surface area (Å²) in [6.07, 6.45) is 3.96. The summed E-state index contributed by atoms with van der Waals surface area (Å²) in [4.78, 5) is 31.1. The fraction of sp³-hybridized carbons (Fsp3) is 0.529. The van der Waals surface area contributed by atoms with E-state index >= 15 is 0 Å². The molecule has 0 unspecified atom stereocenters. The van der Waals surface area contributed by atoms with E-state index in [-0.39, 0.29) is 23.8 Å². The van der Waals surface area contributed by atoms with Crippen LogP contribution in [-0.2, 0) is 23.2 Å². The van der Waals surface area contributed by atoms with Crippen molar-refractivity contribution in [1.29, 1.82) is 0 Å². The molecule has 0 bridgehead atoms. The molecule has 8 heteroatoms. The highest BCUT2D eigenvalue weighted by molar-refractivity contribution is 5.84. The van der Waals surface area contributed by atoms with Crippen molar-refractivity contribution < 1.29 is 14.0 Å². The summed E-state index contributed by atoms with van der Waals surface area (Å²) in [5.41, 5.74) is 1.58. The Labute approximate surface area is 146 Å². The highest BCUT2D eigenvalue weighted by Crippen LogP contribution is 2.36. The Kier molecular flexibility index (Phi) is 4.87. The van der Waals surface area contributed by atoms with E-state index < -0.39 is 0 Å². The summed E-state index contributed by atoms with van der Waals surface area (Å²) in [7, 11) is 1.83. The number of oxazole rings is 1. The molecule has 0 aromatic carbocycles.